The van der Waals surface area contributed by atoms with E-state index in [-0.39, 0.29) is 10.8 Å². The van der Waals surface area contributed by atoms with Crippen LogP contribution in [0.1, 0.15) is 0 Å². The zero-order valence-electron chi connectivity index (χ0n) is 9.62. The molecule has 0 unspecified atom stereocenters. The van der Waals surface area contributed by atoms with Crippen LogP contribution in [0.15, 0.2) is 47.2 Å². The maximum Gasteiger partial charge on any atom is 0.258 e. The molecule has 0 radical (unpaired) electrons. The van der Waals surface area contributed by atoms with E-state index in [2.05, 4.69) is 15.1 Å². The lowest BCUT2D eigenvalue weighted by Gasteiger charge is -1.97. The van der Waals surface area contributed by atoms with Gasteiger partial charge in [-0.15, -0.1) is 0 Å². The van der Waals surface area contributed by atoms with Gasteiger partial charge in [-0.25, -0.2) is 0 Å². The number of hydrogen-bond acceptors (Lipinski definition) is 5. The molecule has 0 amide bonds. The van der Waals surface area contributed by atoms with Crippen molar-refractivity contribution >= 4 is 11.6 Å². The fourth-order valence-electron chi connectivity index (χ4n) is 1.59. The Labute approximate surface area is 113 Å². The molecule has 0 bridgehead atoms. The molecule has 1 N–H and O–H groups in total. The Hall–Kier alpha value is -2.40. The normalized spacial score (nSPS) is 10.6. The Kier molecular flexibility index (Phi) is 2.89. The number of rotatable bonds is 2. The Balaban J connectivity index is 1.99. The van der Waals surface area contributed by atoms with Crippen LogP contribution in [0.3, 0.4) is 0 Å². The maximum absolute atomic E-state index is 9.37. The minimum Gasteiger partial charge on any atom is -0.506 e. The van der Waals surface area contributed by atoms with Gasteiger partial charge in [-0.1, -0.05) is 16.8 Å². The number of phenols is 1. The lowest BCUT2D eigenvalue weighted by Crippen LogP contribution is -1.82. The molecule has 3 rings (SSSR count). The molecular formula is C13H8ClN3O2. The van der Waals surface area contributed by atoms with Gasteiger partial charge in [0.1, 0.15) is 5.75 Å². The fraction of sp³-hybridized carbons (Fsp3) is 0. The first-order chi connectivity index (χ1) is 9.24. The largest absolute Gasteiger partial charge is 0.506 e. The molecule has 6 heteroatoms. The SMILES string of the molecule is Oc1ccc(-c2nc(-c3cccnc3)no2)cc1Cl. The standard InChI is InChI=1S/C13H8ClN3O2/c14-10-6-8(3-4-11(10)18)13-16-12(17-19-13)9-2-1-5-15-7-9/h1-7,18H. The first kappa shape index (κ1) is 11.7. The quantitative estimate of drug-likeness (QED) is 0.776. The summed E-state index contributed by atoms with van der Waals surface area (Å²) in [5.41, 5.74) is 1.41. The van der Waals surface area contributed by atoms with E-state index in [1.54, 1.807) is 30.6 Å². The van der Waals surface area contributed by atoms with Crippen LogP contribution in [0.5, 0.6) is 5.75 Å². The maximum atomic E-state index is 9.37. The van der Waals surface area contributed by atoms with Crippen molar-refractivity contribution in [2.45, 2.75) is 0 Å². The van der Waals surface area contributed by atoms with E-state index in [4.69, 9.17) is 16.1 Å². The van der Waals surface area contributed by atoms with E-state index >= 15 is 0 Å². The highest BCUT2D eigenvalue weighted by atomic mass is 35.5. The topological polar surface area (TPSA) is 72.0 Å². The van der Waals surface area contributed by atoms with Crippen LogP contribution in [0.25, 0.3) is 22.8 Å². The van der Waals surface area contributed by atoms with Crippen LogP contribution >= 0.6 is 11.6 Å². The Bertz CT molecular complexity index is 713. The molecule has 0 aliphatic heterocycles. The fourth-order valence-corrected chi connectivity index (χ4v) is 1.77. The highest BCUT2D eigenvalue weighted by Gasteiger charge is 2.11. The van der Waals surface area contributed by atoms with E-state index < -0.39 is 0 Å². The smallest absolute Gasteiger partial charge is 0.258 e. The second-order valence-electron chi connectivity index (χ2n) is 3.83. The second-order valence-corrected chi connectivity index (χ2v) is 4.24. The zero-order valence-corrected chi connectivity index (χ0v) is 10.4. The van der Waals surface area contributed by atoms with Gasteiger partial charge in [0.05, 0.1) is 5.02 Å². The van der Waals surface area contributed by atoms with Gasteiger partial charge in [0.2, 0.25) is 5.82 Å². The number of halogens is 1. The van der Waals surface area contributed by atoms with Crippen LogP contribution < -0.4 is 0 Å². The molecule has 19 heavy (non-hydrogen) atoms. The van der Waals surface area contributed by atoms with Crippen molar-refractivity contribution in [3.8, 4) is 28.6 Å². The highest BCUT2D eigenvalue weighted by Crippen LogP contribution is 2.29. The number of nitrogens with zero attached hydrogens (tertiary/aromatic N) is 3. The van der Waals surface area contributed by atoms with Gasteiger partial charge in [-0.2, -0.15) is 4.98 Å². The summed E-state index contributed by atoms with van der Waals surface area (Å²) >= 11 is 5.84. The summed E-state index contributed by atoms with van der Waals surface area (Å²) in [4.78, 5) is 8.26. The van der Waals surface area contributed by atoms with E-state index in [9.17, 15) is 5.11 Å². The third-order valence-electron chi connectivity index (χ3n) is 2.54. The van der Waals surface area contributed by atoms with E-state index in [1.807, 2.05) is 6.07 Å². The predicted octanol–water partition coefficient (Wildman–Crippen LogP) is 3.16. The molecule has 1 aromatic carbocycles. The Morgan fingerprint density at radius 3 is 2.79 bits per heavy atom. The van der Waals surface area contributed by atoms with Crippen molar-refractivity contribution in [3.05, 3.63) is 47.7 Å². The average Bonchev–Trinajstić information content (AvgIpc) is 2.93. The Morgan fingerprint density at radius 2 is 2.05 bits per heavy atom. The first-order valence-corrected chi connectivity index (χ1v) is 5.85. The number of aromatic nitrogens is 3. The number of aromatic hydroxyl groups is 1. The van der Waals surface area contributed by atoms with Gasteiger partial charge in [0, 0.05) is 23.5 Å². The van der Waals surface area contributed by atoms with Crippen LogP contribution in [0.2, 0.25) is 5.02 Å². The van der Waals surface area contributed by atoms with Crippen molar-refractivity contribution in [2.75, 3.05) is 0 Å². The van der Waals surface area contributed by atoms with Crippen molar-refractivity contribution in [1.82, 2.24) is 15.1 Å². The molecule has 0 aliphatic rings. The van der Waals surface area contributed by atoms with Gasteiger partial charge in [-0.3, -0.25) is 4.98 Å². The zero-order chi connectivity index (χ0) is 13.2. The summed E-state index contributed by atoms with van der Waals surface area (Å²) in [6.07, 6.45) is 3.32. The highest BCUT2D eigenvalue weighted by molar-refractivity contribution is 6.32. The number of hydrogen-bond donors (Lipinski definition) is 1. The lowest BCUT2D eigenvalue weighted by molar-refractivity contribution is 0.432. The number of benzene rings is 1. The molecule has 2 heterocycles. The van der Waals surface area contributed by atoms with Gasteiger partial charge in [0.25, 0.3) is 5.89 Å². The molecule has 0 fully saturated rings. The molecule has 5 nitrogen and oxygen atoms in total. The van der Waals surface area contributed by atoms with Gasteiger partial charge in [-0.05, 0) is 30.3 Å². The van der Waals surface area contributed by atoms with Crippen LogP contribution in [-0.2, 0) is 0 Å². The molecule has 0 spiro atoms. The van der Waals surface area contributed by atoms with Crippen LogP contribution in [-0.4, -0.2) is 20.2 Å². The van der Waals surface area contributed by atoms with Gasteiger partial charge >= 0.3 is 0 Å². The van der Waals surface area contributed by atoms with Crippen molar-refractivity contribution in [1.29, 1.82) is 0 Å². The summed E-state index contributed by atoms with van der Waals surface area (Å²) < 4.78 is 5.17. The van der Waals surface area contributed by atoms with Gasteiger partial charge < -0.3 is 9.63 Å². The monoisotopic (exact) mass is 273 g/mol. The molecule has 0 saturated carbocycles. The minimum absolute atomic E-state index is 0.0115. The lowest BCUT2D eigenvalue weighted by atomic mass is 10.2. The average molecular weight is 274 g/mol. The van der Waals surface area contributed by atoms with E-state index in [0.29, 0.717) is 17.3 Å². The summed E-state index contributed by atoms with van der Waals surface area (Å²) in [6.45, 7) is 0. The summed E-state index contributed by atoms with van der Waals surface area (Å²) in [5, 5.41) is 13.5. The van der Waals surface area contributed by atoms with Crippen molar-refractivity contribution < 1.29 is 9.63 Å². The summed E-state index contributed by atoms with van der Waals surface area (Å²) in [7, 11) is 0. The molecule has 94 valence electrons. The van der Waals surface area contributed by atoms with Crippen LogP contribution in [0, 0.1) is 0 Å². The molecule has 0 aliphatic carbocycles. The molecule has 2 aromatic heterocycles. The number of pyridine rings is 1. The van der Waals surface area contributed by atoms with E-state index in [1.165, 1.54) is 6.07 Å². The molecule has 3 aromatic rings. The van der Waals surface area contributed by atoms with Gasteiger partial charge in [0.15, 0.2) is 0 Å². The van der Waals surface area contributed by atoms with E-state index in [0.717, 1.165) is 5.56 Å². The molecular weight excluding hydrogens is 266 g/mol. The predicted molar refractivity (Wildman–Crippen MR) is 69.6 cm³/mol. The summed E-state index contributed by atoms with van der Waals surface area (Å²) in [5.74, 6) is 0.797. The second kappa shape index (κ2) is 4.70. The first-order valence-electron chi connectivity index (χ1n) is 5.47. The molecule has 0 saturated heterocycles. The van der Waals surface area contributed by atoms with Crippen molar-refractivity contribution in [2.24, 2.45) is 0 Å². The van der Waals surface area contributed by atoms with Crippen molar-refractivity contribution in [3.63, 3.8) is 0 Å². The Morgan fingerprint density at radius 1 is 1.16 bits per heavy atom. The third-order valence-corrected chi connectivity index (χ3v) is 2.84. The molecule has 0 atom stereocenters. The minimum atomic E-state index is 0.0115. The summed E-state index contributed by atoms with van der Waals surface area (Å²) in [6, 6.07) is 8.33. The van der Waals surface area contributed by atoms with Crippen LogP contribution in [0.4, 0.5) is 0 Å². The number of phenolic OH excluding ortho intramolecular Hbond substituents is 1. The third kappa shape index (κ3) is 2.28.